The van der Waals surface area contributed by atoms with Gasteiger partial charge in [0.05, 0.1) is 19.1 Å². The highest BCUT2D eigenvalue weighted by atomic mass is 16.5. The van der Waals surface area contributed by atoms with Crippen LogP contribution in [0.4, 0.5) is 0 Å². The topological polar surface area (TPSA) is 33.0 Å². The molecule has 0 spiro atoms. The van der Waals surface area contributed by atoms with Crippen molar-refractivity contribution < 1.29 is 4.74 Å². The van der Waals surface area contributed by atoms with Gasteiger partial charge in [0.2, 0.25) is 0 Å². The van der Waals surface area contributed by atoms with Gasteiger partial charge in [0.15, 0.2) is 0 Å². The molecule has 0 aromatic heterocycles. The lowest BCUT2D eigenvalue weighted by Crippen LogP contribution is -2.00. The quantitative estimate of drug-likeness (QED) is 0.754. The molecule has 0 bridgehead atoms. The summed E-state index contributed by atoms with van der Waals surface area (Å²) in [4.78, 5) is 0. The van der Waals surface area contributed by atoms with Gasteiger partial charge >= 0.3 is 0 Å². The second kappa shape index (κ2) is 4.84. The molecule has 0 saturated carbocycles. The first kappa shape index (κ1) is 11.6. The Balaban J connectivity index is 3.32. The van der Waals surface area contributed by atoms with Gasteiger partial charge in [-0.25, -0.2) is 0 Å². The molecule has 0 saturated heterocycles. The van der Waals surface area contributed by atoms with Crippen LogP contribution in [0.25, 0.3) is 0 Å². The maximum absolute atomic E-state index is 9.08. The van der Waals surface area contributed by atoms with Crippen LogP contribution in [-0.2, 0) is 0 Å². The second-order valence-electron chi connectivity index (χ2n) is 3.79. The Morgan fingerprint density at radius 3 is 2.53 bits per heavy atom. The van der Waals surface area contributed by atoms with E-state index in [0.29, 0.717) is 0 Å². The lowest BCUT2D eigenvalue weighted by atomic mass is 9.93. The number of nitriles is 1. The summed E-state index contributed by atoms with van der Waals surface area (Å²) >= 11 is 0. The lowest BCUT2D eigenvalue weighted by Gasteiger charge is -2.15. The predicted molar refractivity (Wildman–Crippen MR) is 61.1 cm³/mol. The molecule has 1 rings (SSSR count). The average Bonchev–Trinajstić information content (AvgIpc) is 2.19. The molecule has 0 amide bonds. The molecule has 1 aromatic carbocycles. The van der Waals surface area contributed by atoms with Gasteiger partial charge in [-0.15, -0.1) is 0 Å². The first-order valence-electron chi connectivity index (χ1n) is 5.18. The zero-order valence-corrected chi connectivity index (χ0v) is 9.79. The number of hydrogen-bond donors (Lipinski definition) is 0. The Morgan fingerprint density at radius 1 is 1.40 bits per heavy atom. The summed E-state index contributed by atoms with van der Waals surface area (Å²) in [5, 5.41) is 9.08. The first-order valence-corrected chi connectivity index (χ1v) is 5.18. The largest absolute Gasteiger partial charge is 0.496 e. The van der Waals surface area contributed by atoms with Gasteiger partial charge in [0.1, 0.15) is 5.75 Å². The van der Waals surface area contributed by atoms with Crippen molar-refractivity contribution in [2.24, 2.45) is 0 Å². The zero-order chi connectivity index (χ0) is 11.4. The van der Waals surface area contributed by atoms with E-state index < -0.39 is 0 Å². The molecule has 1 atom stereocenters. The van der Waals surface area contributed by atoms with Crippen LogP contribution < -0.4 is 4.74 Å². The third kappa shape index (κ3) is 2.30. The van der Waals surface area contributed by atoms with E-state index in [2.05, 4.69) is 12.1 Å². The van der Waals surface area contributed by atoms with Gasteiger partial charge < -0.3 is 4.74 Å². The molecule has 0 aliphatic rings. The molecule has 0 aliphatic heterocycles. The van der Waals surface area contributed by atoms with Crippen LogP contribution in [-0.4, -0.2) is 7.11 Å². The number of ether oxygens (including phenoxy) is 1. The Kier molecular flexibility index (Phi) is 3.74. The van der Waals surface area contributed by atoms with E-state index in [9.17, 15) is 0 Å². The van der Waals surface area contributed by atoms with Crippen LogP contribution in [0.15, 0.2) is 12.1 Å². The van der Waals surface area contributed by atoms with Crippen LogP contribution in [0, 0.1) is 25.2 Å². The molecular formula is C13H17NO. The molecule has 0 radical (unpaired) electrons. The SMILES string of the molecule is CCC(C#N)c1cc(C)cc(C)c1OC. The van der Waals surface area contributed by atoms with Crippen molar-refractivity contribution in [1.82, 2.24) is 0 Å². The second-order valence-corrected chi connectivity index (χ2v) is 3.79. The highest BCUT2D eigenvalue weighted by Gasteiger charge is 2.15. The van der Waals surface area contributed by atoms with Crippen molar-refractivity contribution in [1.29, 1.82) is 5.26 Å². The molecule has 80 valence electrons. The summed E-state index contributed by atoms with van der Waals surface area (Å²) in [6, 6.07) is 6.44. The molecule has 15 heavy (non-hydrogen) atoms. The van der Waals surface area contributed by atoms with Gasteiger partial charge in [-0.05, 0) is 25.8 Å². The van der Waals surface area contributed by atoms with E-state index in [1.807, 2.05) is 26.8 Å². The van der Waals surface area contributed by atoms with Crippen LogP contribution in [0.2, 0.25) is 0 Å². The van der Waals surface area contributed by atoms with Gasteiger partial charge in [0.25, 0.3) is 0 Å². The molecule has 1 unspecified atom stereocenters. The van der Waals surface area contributed by atoms with Crippen molar-refractivity contribution in [2.45, 2.75) is 33.1 Å². The van der Waals surface area contributed by atoms with E-state index in [1.165, 1.54) is 5.56 Å². The Labute approximate surface area is 91.5 Å². The number of benzene rings is 1. The molecule has 0 fully saturated rings. The standard InChI is InChI=1S/C13H17NO/c1-5-11(8-14)12-7-9(2)6-10(3)13(12)15-4/h6-7,11H,5H2,1-4H3. The van der Waals surface area contributed by atoms with Gasteiger partial charge in [-0.2, -0.15) is 5.26 Å². The lowest BCUT2D eigenvalue weighted by molar-refractivity contribution is 0.404. The molecule has 2 heteroatoms. The van der Waals surface area contributed by atoms with Crippen molar-refractivity contribution in [3.05, 3.63) is 28.8 Å². The number of aryl methyl sites for hydroxylation is 2. The van der Waals surface area contributed by atoms with E-state index in [4.69, 9.17) is 10.00 Å². The molecule has 1 aromatic rings. The first-order chi connectivity index (χ1) is 7.13. The van der Waals surface area contributed by atoms with Crippen molar-refractivity contribution in [2.75, 3.05) is 7.11 Å². The number of rotatable bonds is 3. The maximum atomic E-state index is 9.08. The summed E-state index contributed by atoms with van der Waals surface area (Å²) < 4.78 is 5.36. The summed E-state index contributed by atoms with van der Waals surface area (Å²) in [6.45, 7) is 6.07. The summed E-state index contributed by atoms with van der Waals surface area (Å²) in [5.41, 5.74) is 3.29. The molecule has 2 nitrogen and oxygen atoms in total. The van der Waals surface area contributed by atoms with E-state index in [0.717, 1.165) is 23.3 Å². The van der Waals surface area contributed by atoms with E-state index in [-0.39, 0.29) is 5.92 Å². The Hall–Kier alpha value is -1.49. The van der Waals surface area contributed by atoms with E-state index in [1.54, 1.807) is 7.11 Å². The minimum atomic E-state index is -0.0708. The normalized spacial score (nSPS) is 11.9. The Bertz CT molecular complexity index is 390. The van der Waals surface area contributed by atoms with Gasteiger partial charge in [-0.1, -0.05) is 24.6 Å². The van der Waals surface area contributed by atoms with Crippen molar-refractivity contribution >= 4 is 0 Å². The van der Waals surface area contributed by atoms with Crippen molar-refractivity contribution in [3.63, 3.8) is 0 Å². The number of hydrogen-bond acceptors (Lipinski definition) is 2. The van der Waals surface area contributed by atoms with Gasteiger partial charge in [0, 0.05) is 5.56 Å². The third-order valence-electron chi connectivity index (χ3n) is 2.59. The molecular weight excluding hydrogens is 186 g/mol. The summed E-state index contributed by atoms with van der Waals surface area (Å²) in [5.74, 6) is 0.785. The van der Waals surface area contributed by atoms with Crippen LogP contribution in [0.5, 0.6) is 5.75 Å². The van der Waals surface area contributed by atoms with Crippen LogP contribution in [0.3, 0.4) is 0 Å². The molecule has 0 heterocycles. The smallest absolute Gasteiger partial charge is 0.126 e. The minimum Gasteiger partial charge on any atom is -0.496 e. The maximum Gasteiger partial charge on any atom is 0.126 e. The fourth-order valence-corrected chi connectivity index (χ4v) is 1.91. The number of nitrogens with zero attached hydrogens (tertiary/aromatic N) is 1. The molecule has 0 aliphatic carbocycles. The molecule has 0 N–H and O–H groups in total. The van der Waals surface area contributed by atoms with E-state index >= 15 is 0 Å². The summed E-state index contributed by atoms with van der Waals surface area (Å²) in [6.07, 6.45) is 0.815. The van der Waals surface area contributed by atoms with Crippen LogP contribution in [0.1, 0.15) is 36.0 Å². The monoisotopic (exact) mass is 203 g/mol. The fraction of sp³-hybridized carbons (Fsp3) is 0.462. The summed E-state index contributed by atoms with van der Waals surface area (Å²) in [7, 11) is 1.66. The van der Waals surface area contributed by atoms with Crippen LogP contribution >= 0.6 is 0 Å². The minimum absolute atomic E-state index is 0.0708. The van der Waals surface area contributed by atoms with Gasteiger partial charge in [-0.3, -0.25) is 0 Å². The average molecular weight is 203 g/mol. The third-order valence-corrected chi connectivity index (χ3v) is 2.59. The fourth-order valence-electron chi connectivity index (χ4n) is 1.91. The number of methoxy groups -OCH3 is 1. The predicted octanol–water partition coefficient (Wildman–Crippen LogP) is 3.33. The van der Waals surface area contributed by atoms with Crippen molar-refractivity contribution in [3.8, 4) is 11.8 Å². The zero-order valence-electron chi connectivity index (χ0n) is 9.79. The highest BCUT2D eigenvalue weighted by Crippen LogP contribution is 2.32. The Morgan fingerprint density at radius 2 is 2.07 bits per heavy atom. The highest BCUT2D eigenvalue weighted by molar-refractivity contribution is 5.47.